The maximum atomic E-state index is 11.2. The molecule has 1 rings (SSSR count). The summed E-state index contributed by atoms with van der Waals surface area (Å²) < 4.78 is 0. The van der Waals surface area contributed by atoms with Crippen LogP contribution in [-0.2, 0) is 4.84 Å². The molecule has 0 fully saturated rings. The van der Waals surface area contributed by atoms with Gasteiger partial charge < -0.3 is 24.8 Å². The molecule has 0 heterocycles. The van der Waals surface area contributed by atoms with Crippen LogP contribution in [0.5, 0.6) is 0 Å². The Kier molecular flexibility index (Phi) is 17.0. The fourth-order valence-electron chi connectivity index (χ4n) is 0.853. The molecule has 0 aliphatic rings. The van der Waals surface area contributed by atoms with Gasteiger partial charge in [-0.2, -0.15) is 0 Å². The van der Waals surface area contributed by atoms with Crippen LogP contribution in [0.15, 0.2) is 35.5 Å². The number of benzene rings is 1. The quantitative estimate of drug-likeness (QED) is 0.274. The van der Waals surface area contributed by atoms with Crippen molar-refractivity contribution < 1.29 is 34.4 Å². The Labute approximate surface area is 160 Å². The molecule has 0 atom stereocenters. The maximum absolute atomic E-state index is 11.2. The van der Waals surface area contributed by atoms with E-state index in [1.807, 2.05) is 19.9 Å². The number of anilines is 1. The van der Waals surface area contributed by atoms with Crippen molar-refractivity contribution in [1.82, 2.24) is 0 Å². The number of nitrogens with zero attached hydrogens (tertiary/aromatic N) is 1. The summed E-state index contributed by atoms with van der Waals surface area (Å²) in [6, 6.07) is 8.95. The van der Waals surface area contributed by atoms with E-state index in [4.69, 9.17) is 11.6 Å². The van der Waals surface area contributed by atoms with E-state index in [1.54, 1.807) is 24.3 Å². The Balaban J connectivity index is -0.000000853. The van der Waals surface area contributed by atoms with Crippen LogP contribution in [0.4, 0.5) is 10.5 Å². The van der Waals surface area contributed by atoms with E-state index >= 15 is 0 Å². The van der Waals surface area contributed by atoms with Crippen molar-refractivity contribution in [3.63, 3.8) is 0 Å². The third-order valence-corrected chi connectivity index (χ3v) is 2.22. The topological polar surface area (TPSA) is 50.7 Å². The van der Waals surface area contributed by atoms with E-state index < -0.39 is 6.09 Å². The van der Waals surface area contributed by atoms with E-state index in [0.717, 1.165) is 0 Å². The number of hydrogen-bond acceptors (Lipinski definition) is 3. The third-order valence-electron chi connectivity index (χ3n) is 1.71. The number of para-hydroxylation sites is 1. The van der Waals surface area contributed by atoms with Crippen molar-refractivity contribution >= 4 is 66.3 Å². The van der Waals surface area contributed by atoms with Gasteiger partial charge in [0.05, 0.1) is 0 Å². The Morgan fingerprint density at radius 1 is 1.26 bits per heavy atom. The molecule has 0 aromatic heterocycles. The van der Waals surface area contributed by atoms with Gasteiger partial charge in [-0.1, -0.05) is 48.8 Å². The molecule has 0 saturated heterocycles. The second kappa shape index (κ2) is 13.3. The van der Waals surface area contributed by atoms with Gasteiger partial charge in [0.2, 0.25) is 0 Å². The molecule has 4 nitrogen and oxygen atoms in total. The van der Waals surface area contributed by atoms with Crippen molar-refractivity contribution in [3.05, 3.63) is 30.3 Å². The van der Waals surface area contributed by atoms with E-state index in [9.17, 15) is 4.79 Å². The number of rotatable bonds is 3. The van der Waals surface area contributed by atoms with Gasteiger partial charge in [0.15, 0.2) is 0 Å². The fourth-order valence-corrected chi connectivity index (χ4v) is 0.887. The maximum Gasteiger partial charge on any atom is 2.00 e. The van der Waals surface area contributed by atoms with Crippen LogP contribution < -0.4 is 30.1 Å². The van der Waals surface area contributed by atoms with Crippen LogP contribution in [0.3, 0.4) is 0 Å². The van der Waals surface area contributed by atoms with Crippen molar-refractivity contribution in [2.24, 2.45) is 11.1 Å². The summed E-state index contributed by atoms with van der Waals surface area (Å²) in [4.78, 5) is 15.8. The van der Waals surface area contributed by atoms with Gasteiger partial charge in [-0.15, -0.1) is 0 Å². The van der Waals surface area contributed by atoms with E-state index in [0.29, 0.717) is 5.69 Å². The van der Waals surface area contributed by atoms with Crippen molar-refractivity contribution in [2.45, 2.75) is 13.8 Å². The first-order valence-corrected chi connectivity index (χ1v) is 5.24. The largest absolute Gasteiger partial charge is 2.00 e. The molecule has 1 aromatic rings. The summed E-state index contributed by atoms with van der Waals surface area (Å²) in [7, 11) is 0. The molecule has 1 amide bonds. The average Bonchev–Trinajstić information content (AvgIpc) is 2.27. The number of carbonyl (C=O) groups is 1. The van der Waals surface area contributed by atoms with Crippen LogP contribution in [0.2, 0.25) is 0 Å². The minimum atomic E-state index is -0.662. The number of nitrogens with one attached hydrogen (secondary N) is 1. The summed E-state index contributed by atoms with van der Waals surface area (Å²) in [6.07, 6.45) is -0.662. The zero-order valence-corrected chi connectivity index (χ0v) is 15.0. The van der Waals surface area contributed by atoms with Gasteiger partial charge in [0.25, 0.3) is 0 Å². The molecular formula is C11H13CaCl3N2O2. The predicted molar refractivity (Wildman–Crippen MR) is 70.4 cm³/mol. The Hall–Kier alpha value is 0.290. The Morgan fingerprint density at radius 3 is 2.26 bits per heavy atom. The molecule has 0 spiro atoms. The van der Waals surface area contributed by atoms with E-state index in [2.05, 4.69) is 15.3 Å². The zero-order chi connectivity index (χ0) is 12.0. The van der Waals surface area contributed by atoms with Gasteiger partial charge >= 0.3 is 43.8 Å². The summed E-state index contributed by atoms with van der Waals surface area (Å²) in [5.41, 5.74) is 0.642. The molecule has 0 saturated carbocycles. The molecule has 1 N–H and O–H groups in total. The van der Waals surface area contributed by atoms with Gasteiger partial charge in [-0.05, 0) is 12.1 Å². The van der Waals surface area contributed by atoms with Crippen LogP contribution in [0, 0.1) is 5.92 Å². The minimum Gasteiger partial charge on any atom is -1.00 e. The van der Waals surface area contributed by atoms with Crippen LogP contribution in [-0.4, -0.2) is 49.0 Å². The first-order valence-electron chi connectivity index (χ1n) is 4.86. The first kappa shape index (κ1) is 24.3. The van der Waals surface area contributed by atoms with E-state index in [1.165, 1.54) is 0 Å². The second-order valence-corrected chi connectivity index (χ2v) is 3.83. The molecule has 0 unspecified atom stereocenters. The first-order chi connectivity index (χ1) is 7.59. The number of oxime groups is 1. The molecule has 0 aliphatic heterocycles. The van der Waals surface area contributed by atoms with Crippen LogP contribution in [0.25, 0.3) is 0 Å². The standard InChI is InChI=1S/C11H13ClN2O2.Ca.2ClH/c1-8(2)10(12)14-16-11(15)13-9-6-4-3-5-7-9;;;/h3-8H,1-2H3,(H,13,15);;2*1H/q;+2;;/p-2/b14-10-;;;. The molecule has 0 bridgehead atoms. The molecule has 8 heteroatoms. The Bertz CT molecular complexity index is 389. The van der Waals surface area contributed by atoms with Crippen molar-refractivity contribution in [1.29, 1.82) is 0 Å². The fraction of sp³-hybridized carbons (Fsp3) is 0.273. The molecule has 19 heavy (non-hydrogen) atoms. The third kappa shape index (κ3) is 10.7. The molecule has 0 radical (unpaired) electrons. The van der Waals surface area contributed by atoms with E-state index in [-0.39, 0.29) is 73.6 Å². The summed E-state index contributed by atoms with van der Waals surface area (Å²) >= 11 is 5.71. The zero-order valence-electron chi connectivity index (χ0n) is 10.6. The minimum absolute atomic E-state index is 0. The summed E-state index contributed by atoms with van der Waals surface area (Å²) in [5, 5.41) is 6.25. The average molecular weight is 352 g/mol. The Morgan fingerprint density at radius 2 is 1.79 bits per heavy atom. The number of amides is 1. The molecule has 1 aromatic carbocycles. The number of hydrogen-bond donors (Lipinski definition) is 1. The van der Waals surface area contributed by atoms with Gasteiger partial charge in [-0.3, -0.25) is 10.2 Å². The van der Waals surface area contributed by atoms with Crippen LogP contribution in [0.1, 0.15) is 13.8 Å². The summed E-state index contributed by atoms with van der Waals surface area (Å²) in [5.74, 6) is 0.0335. The molecule has 0 aliphatic carbocycles. The van der Waals surface area contributed by atoms with Crippen molar-refractivity contribution in [3.8, 4) is 0 Å². The monoisotopic (exact) mass is 350 g/mol. The van der Waals surface area contributed by atoms with Gasteiger partial charge in [-0.25, -0.2) is 4.79 Å². The predicted octanol–water partition coefficient (Wildman–Crippen LogP) is -2.93. The van der Waals surface area contributed by atoms with Gasteiger partial charge in [0, 0.05) is 11.6 Å². The van der Waals surface area contributed by atoms with Crippen LogP contribution >= 0.6 is 11.6 Å². The number of halogens is 3. The molecular weight excluding hydrogens is 339 g/mol. The smallest absolute Gasteiger partial charge is 1.00 e. The summed E-state index contributed by atoms with van der Waals surface area (Å²) in [6.45, 7) is 3.70. The number of carbonyl (C=O) groups excluding carboxylic acids is 1. The second-order valence-electron chi connectivity index (χ2n) is 3.44. The normalized spacial score (nSPS) is 9.58. The SMILES string of the molecule is CC(C)/C(Cl)=N/OC(=O)Nc1ccccc1.[Ca+2].[Cl-].[Cl-]. The van der Waals surface area contributed by atoms with Gasteiger partial charge in [0.1, 0.15) is 5.17 Å². The molecule has 102 valence electrons. The van der Waals surface area contributed by atoms with Crippen molar-refractivity contribution in [2.75, 3.05) is 5.32 Å².